The fourth-order valence-corrected chi connectivity index (χ4v) is 3.87. The quantitative estimate of drug-likeness (QED) is 0.629. The summed E-state index contributed by atoms with van der Waals surface area (Å²) in [4.78, 5) is 37.9. The Bertz CT molecular complexity index is 1200. The molecule has 0 aliphatic heterocycles. The van der Waals surface area contributed by atoms with Crippen molar-refractivity contribution in [1.29, 1.82) is 0 Å². The van der Waals surface area contributed by atoms with Gasteiger partial charge in [0.2, 0.25) is 5.91 Å². The van der Waals surface area contributed by atoms with Crippen molar-refractivity contribution in [3.8, 4) is 0 Å². The largest absolute Gasteiger partial charge is 0.290 e. The van der Waals surface area contributed by atoms with Crippen LogP contribution in [0.5, 0.6) is 0 Å². The second kappa shape index (κ2) is 7.91. The molecule has 8 heteroatoms. The van der Waals surface area contributed by atoms with Crippen LogP contribution < -0.4 is 16.4 Å². The molecule has 4 rings (SSSR count). The molecule has 0 spiro atoms. The second-order valence-corrected chi connectivity index (χ2v) is 8.06. The molecule has 2 atom stereocenters. The minimum atomic E-state index is -0.580. The van der Waals surface area contributed by atoms with E-state index in [0.29, 0.717) is 22.2 Å². The van der Waals surface area contributed by atoms with Crippen LogP contribution in [0.15, 0.2) is 53.3 Å². The molecule has 0 saturated heterocycles. The Balaban J connectivity index is 1.51. The van der Waals surface area contributed by atoms with Crippen LogP contribution in [-0.4, -0.2) is 21.6 Å². The lowest BCUT2D eigenvalue weighted by molar-refractivity contribution is -0.123. The molecule has 1 saturated carbocycles. The van der Waals surface area contributed by atoms with Crippen molar-refractivity contribution in [3.63, 3.8) is 0 Å². The van der Waals surface area contributed by atoms with Crippen LogP contribution in [-0.2, 0) is 4.79 Å². The SMILES string of the molecule is CC(C)n1nc(C(=O)NNC(=O)C2CC2c2ccccc2Cl)c2ccccc2c1=O. The van der Waals surface area contributed by atoms with Crippen molar-refractivity contribution in [2.24, 2.45) is 5.92 Å². The lowest BCUT2D eigenvalue weighted by atomic mass is 10.1. The Kier molecular flexibility index (Phi) is 5.30. The van der Waals surface area contributed by atoms with E-state index in [2.05, 4.69) is 16.0 Å². The molecule has 1 aliphatic rings. The van der Waals surface area contributed by atoms with Gasteiger partial charge in [-0.3, -0.25) is 25.2 Å². The summed E-state index contributed by atoms with van der Waals surface area (Å²) in [6.45, 7) is 3.63. The van der Waals surface area contributed by atoms with Crippen LogP contribution in [0.3, 0.4) is 0 Å². The van der Waals surface area contributed by atoms with Crippen molar-refractivity contribution >= 4 is 34.2 Å². The van der Waals surface area contributed by atoms with E-state index in [-0.39, 0.29) is 35.0 Å². The summed E-state index contributed by atoms with van der Waals surface area (Å²) in [5.74, 6) is -1.07. The van der Waals surface area contributed by atoms with Crippen molar-refractivity contribution in [2.45, 2.75) is 32.2 Å². The van der Waals surface area contributed by atoms with Gasteiger partial charge in [-0.1, -0.05) is 48.0 Å². The number of hydrogen-bond donors (Lipinski definition) is 2. The number of hydrazine groups is 1. The summed E-state index contributed by atoms with van der Waals surface area (Å²) in [6, 6.07) is 14.0. The molecule has 2 aromatic carbocycles. The number of hydrogen-bond acceptors (Lipinski definition) is 4. The molecular weight excluding hydrogens is 404 g/mol. The summed E-state index contributed by atoms with van der Waals surface area (Å²) < 4.78 is 1.27. The number of amides is 2. The highest BCUT2D eigenvalue weighted by molar-refractivity contribution is 6.31. The molecule has 3 aromatic rings. The smallest absolute Gasteiger partial charge is 0.273 e. The van der Waals surface area contributed by atoms with Gasteiger partial charge < -0.3 is 0 Å². The third kappa shape index (κ3) is 3.68. The van der Waals surface area contributed by atoms with Gasteiger partial charge in [-0.25, -0.2) is 4.68 Å². The molecule has 0 bridgehead atoms. The van der Waals surface area contributed by atoms with E-state index in [4.69, 9.17) is 11.6 Å². The summed E-state index contributed by atoms with van der Waals surface area (Å²) in [7, 11) is 0. The number of halogens is 1. The molecule has 2 N–H and O–H groups in total. The molecule has 1 fully saturated rings. The zero-order valence-corrected chi connectivity index (χ0v) is 17.3. The fourth-order valence-electron chi connectivity index (χ4n) is 3.60. The third-order valence-corrected chi connectivity index (χ3v) is 5.61. The van der Waals surface area contributed by atoms with Crippen molar-refractivity contribution < 1.29 is 9.59 Å². The second-order valence-electron chi connectivity index (χ2n) is 7.65. The van der Waals surface area contributed by atoms with Crippen LogP contribution >= 0.6 is 11.6 Å². The topological polar surface area (TPSA) is 93.1 Å². The number of carbonyl (C=O) groups is 2. The highest BCUT2D eigenvalue weighted by atomic mass is 35.5. The van der Waals surface area contributed by atoms with Crippen molar-refractivity contribution in [3.05, 3.63) is 75.2 Å². The Morgan fingerprint density at radius 2 is 1.73 bits per heavy atom. The zero-order chi connectivity index (χ0) is 21.4. The average molecular weight is 425 g/mol. The first kappa shape index (κ1) is 20.1. The van der Waals surface area contributed by atoms with E-state index < -0.39 is 5.91 Å². The van der Waals surface area contributed by atoms with Gasteiger partial charge in [-0.2, -0.15) is 5.10 Å². The number of rotatable bonds is 4. The predicted molar refractivity (Wildman–Crippen MR) is 114 cm³/mol. The molecule has 154 valence electrons. The minimum Gasteiger partial charge on any atom is -0.273 e. The molecule has 1 aromatic heterocycles. The van der Waals surface area contributed by atoms with E-state index in [1.54, 1.807) is 30.3 Å². The lowest BCUT2D eigenvalue weighted by Crippen LogP contribution is -2.43. The molecule has 2 amide bonds. The maximum Gasteiger partial charge on any atom is 0.290 e. The van der Waals surface area contributed by atoms with Gasteiger partial charge in [-0.15, -0.1) is 0 Å². The Labute approximate surface area is 178 Å². The van der Waals surface area contributed by atoms with Gasteiger partial charge in [0, 0.05) is 16.3 Å². The van der Waals surface area contributed by atoms with Gasteiger partial charge in [0.1, 0.15) is 0 Å². The highest BCUT2D eigenvalue weighted by Gasteiger charge is 2.45. The maximum atomic E-state index is 12.8. The summed E-state index contributed by atoms with van der Waals surface area (Å²) in [5.41, 5.74) is 5.67. The average Bonchev–Trinajstić information content (AvgIpc) is 3.53. The maximum absolute atomic E-state index is 12.8. The molecule has 1 aliphatic carbocycles. The standard InChI is InChI=1S/C22H21ClN4O3/c1-12(2)27-22(30)15-9-4-3-8-14(15)19(26-27)21(29)25-24-20(28)17-11-16(17)13-7-5-6-10-18(13)23/h3-10,12,16-17H,11H2,1-2H3,(H,24,28)(H,25,29). The third-order valence-electron chi connectivity index (χ3n) is 5.26. The highest BCUT2D eigenvalue weighted by Crippen LogP contribution is 2.49. The molecule has 30 heavy (non-hydrogen) atoms. The summed E-state index contributed by atoms with van der Waals surface area (Å²) in [5, 5.41) is 5.71. The lowest BCUT2D eigenvalue weighted by Gasteiger charge is -2.13. The van der Waals surface area contributed by atoms with Gasteiger partial charge in [0.25, 0.3) is 11.5 Å². The first-order chi connectivity index (χ1) is 14.4. The van der Waals surface area contributed by atoms with Crippen LogP contribution in [0.25, 0.3) is 10.8 Å². The number of nitrogens with one attached hydrogen (secondary N) is 2. The molecule has 0 radical (unpaired) electrons. The fraction of sp³-hybridized carbons (Fsp3) is 0.273. The number of fused-ring (bicyclic) bond motifs is 1. The number of nitrogens with zero attached hydrogens (tertiary/aromatic N) is 2. The van der Waals surface area contributed by atoms with Crippen molar-refractivity contribution in [1.82, 2.24) is 20.6 Å². The van der Waals surface area contributed by atoms with E-state index in [1.165, 1.54) is 4.68 Å². The van der Waals surface area contributed by atoms with E-state index >= 15 is 0 Å². The Morgan fingerprint density at radius 1 is 1.07 bits per heavy atom. The van der Waals surface area contributed by atoms with Crippen LogP contribution in [0, 0.1) is 5.92 Å². The molecule has 1 heterocycles. The first-order valence-corrected chi connectivity index (χ1v) is 10.1. The Morgan fingerprint density at radius 3 is 2.43 bits per heavy atom. The Hall–Kier alpha value is -3.19. The summed E-state index contributed by atoms with van der Waals surface area (Å²) >= 11 is 6.21. The van der Waals surface area contributed by atoms with Gasteiger partial charge in [0.05, 0.1) is 11.4 Å². The van der Waals surface area contributed by atoms with Crippen molar-refractivity contribution in [2.75, 3.05) is 0 Å². The van der Waals surface area contributed by atoms with Gasteiger partial charge in [0.15, 0.2) is 5.69 Å². The number of carbonyl (C=O) groups excluding carboxylic acids is 2. The monoisotopic (exact) mass is 424 g/mol. The zero-order valence-electron chi connectivity index (χ0n) is 16.6. The van der Waals surface area contributed by atoms with Gasteiger partial charge in [-0.05, 0) is 43.9 Å². The van der Waals surface area contributed by atoms with Gasteiger partial charge >= 0.3 is 0 Å². The summed E-state index contributed by atoms with van der Waals surface area (Å²) in [6.07, 6.45) is 0.671. The van der Waals surface area contributed by atoms with Crippen LogP contribution in [0.4, 0.5) is 0 Å². The number of aromatic nitrogens is 2. The predicted octanol–water partition coefficient (Wildman–Crippen LogP) is 3.20. The minimum absolute atomic E-state index is 0.0393. The van der Waals surface area contributed by atoms with E-state index in [9.17, 15) is 14.4 Å². The van der Waals surface area contributed by atoms with E-state index in [1.807, 2.05) is 32.0 Å². The van der Waals surface area contributed by atoms with Crippen LogP contribution in [0.1, 0.15) is 48.3 Å². The first-order valence-electron chi connectivity index (χ1n) is 9.74. The normalized spacial score (nSPS) is 17.7. The number of benzene rings is 2. The molecule has 7 nitrogen and oxygen atoms in total. The van der Waals surface area contributed by atoms with Crippen LogP contribution in [0.2, 0.25) is 5.02 Å². The molecular formula is C22H21ClN4O3. The van der Waals surface area contributed by atoms with E-state index in [0.717, 1.165) is 5.56 Å². The molecule has 2 unspecified atom stereocenters.